The third-order valence-electron chi connectivity index (χ3n) is 5.34. The average Bonchev–Trinajstić information content (AvgIpc) is 2.80. The number of rotatable bonds is 7. The predicted octanol–water partition coefficient (Wildman–Crippen LogP) is 1.87. The molecule has 34 heavy (non-hydrogen) atoms. The van der Waals surface area contributed by atoms with E-state index in [1.807, 2.05) is 0 Å². The molecular formula is C24H25FN4O5. The summed E-state index contributed by atoms with van der Waals surface area (Å²) in [5.74, 6) is -4.76. The lowest BCUT2D eigenvalue weighted by Crippen LogP contribution is -2.36. The molecule has 2 amide bonds. The number of benzene rings is 1. The summed E-state index contributed by atoms with van der Waals surface area (Å²) in [5, 5.41) is 12.9. The largest absolute Gasteiger partial charge is 0.501 e. The van der Waals surface area contributed by atoms with Gasteiger partial charge in [-0.15, -0.1) is 0 Å². The predicted molar refractivity (Wildman–Crippen MR) is 122 cm³/mol. The van der Waals surface area contributed by atoms with Crippen LogP contribution in [0.1, 0.15) is 41.4 Å². The van der Waals surface area contributed by atoms with Crippen LogP contribution in [0.2, 0.25) is 0 Å². The number of carbonyl (C=O) groups is 3. The molecule has 1 atom stereocenters. The standard InChI is InChI=1S/C24H25FN4O5/c1-13(2)17(19(30)23(33)28(3)4)16-6-5-11-29-21(16)27-18(20(31)24(29)34)22(32)26-12-14-7-9-15(25)10-8-14/h5-11,13,17,31H,12H2,1-4H3,(H,26,32). The van der Waals surface area contributed by atoms with Gasteiger partial charge in [-0.3, -0.25) is 23.6 Å². The highest BCUT2D eigenvalue weighted by atomic mass is 19.1. The van der Waals surface area contributed by atoms with E-state index < -0.39 is 46.3 Å². The fourth-order valence-corrected chi connectivity index (χ4v) is 3.60. The van der Waals surface area contributed by atoms with Crippen LogP contribution in [-0.2, 0) is 16.1 Å². The molecule has 10 heteroatoms. The number of ketones is 1. The van der Waals surface area contributed by atoms with Gasteiger partial charge in [0, 0.05) is 32.4 Å². The van der Waals surface area contributed by atoms with Crippen molar-refractivity contribution in [1.82, 2.24) is 19.6 Å². The van der Waals surface area contributed by atoms with E-state index in [1.165, 1.54) is 55.5 Å². The Hall–Kier alpha value is -4.08. The van der Waals surface area contributed by atoms with Crippen molar-refractivity contribution in [2.45, 2.75) is 26.3 Å². The van der Waals surface area contributed by atoms with Crippen molar-refractivity contribution in [3.63, 3.8) is 0 Å². The maximum atomic E-state index is 13.1. The minimum absolute atomic E-state index is 0.00565. The lowest BCUT2D eigenvalue weighted by atomic mass is 9.84. The average molecular weight is 468 g/mol. The number of aromatic nitrogens is 2. The number of fused-ring (bicyclic) bond motifs is 1. The summed E-state index contributed by atoms with van der Waals surface area (Å²) < 4.78 is 14.1. The number of halogens is 1. The molecule has 2 heterocycles. The molecule has 1 aromatic carbocycles. The number of hydrogen-bond acceptors (Lipinski definition) is 6. The van der Waals surface area contributed by atoms with Crippen LogP contribution in [0, 0.1) is 11.7 Å². The maximum absolute atomic E-state index is 13.1. The lowest BCUT2D eigenvalue weighted by Gasteiger charge is -2.22. The molecule has 3 rings (SSSR count). The SMILES string of the molecule is CC(C)C(C(=O)C(=O)N(C)C)c1cccn2c(=O)c(O)c(C(=O)NCc3ccc(F)cc3)nc12. The van der Waals surface area contributed by atoms with Crippen LogP contribution in [0.15, 0.2) is 47.4 Å². The smallest absolute Gasteiger partial charge is 0.300 e. The van der Waals surface area contributed by atoms with E-state index >= 15 is 0 Å². The molecule has 2 aromatic heterocycles. The molecular weight excluding hydrogens is 443 g/mol. The highest BCUT2D eigenvalue weighted by molar-refractivity contribution is 6.38. The Kier molecular flexibility index (Phi) is 7.09. The van der Waals surface area contributed by atoms with Gasteiger partial charge in [0.1, 0.15) is 11.5 Å². The van der Waals surface area contributed by atoms with Crippen molar-refractivity contribution >= 4 is 23.2 Å². The molecule has 3 aromatic rings. The van der Waals surface area contributed by atoms with Crippen molar-refractivity contribution in [2.24, 2.45) is 5.92 Å². The second-order valence-electron chi connectivity index (χ2n) is 8.37. The van der Waals surface area contributed by atoms with E-state index in [-0.39, 0.29) is 23.7 Å². The van der Waals surface area contributed by atoms with Gasteiger partial charge < -0.3 is 15.3 Å². The summed E-state index contributed by atoms with van der Waals surface area (Å²) >= 11 is 0. The number of hydrogen-bond donors (Lipinski definition) is 2. The van der Waals surface area contributed by atoms with Crippen molar-refractivity contribution < 1.29 is 23.9 Å². The van der Waals surface area contributed by atoms with E-state index in [9.17, 15) is 28.7 Å². The number of nitrogens with zero attached hydrogens (tertiary/aromatic N) is 3. The van der Waals surface area contributed by atoms with E-state index in [0.717, 1.165) is 4.40 Å². The van der Waals surface area contributed by atoms with E-state index in [0.29, 0.717) is 5.56 Å². The molecule has 2 N–H and O–H groups in total. The van der Waals surface area contributed by atoms with Crippen LogP contribution in [-0.4, -0.2) is 51.1 Å². The van der Waals surface area contributed by atoms with Crippen LogP contribution >= 0.6 is 0 Å². The third kappa shape index (κ3) is 4.80. The van der Waals surface area contributed by atoms with Gasteiger partial charge in [-0.1, -0.05) is 32.0 Å². The van der Waals surface area contributed by atoms with E-state index in [1.54, 1.807) is 19.9 Å². The van der Waals surface area contributed by atoms with Crippen LogP contribution in [0.3, 0.4) is 0 Å². The molecule has 0 saturated carbocycles. The minimum atomic E-state index is -0.933. The maximum Gasteiger partial charge on any atom is 0.300 e. The number of carbonyl (C=O) groups excluding carboxylic acids is 3. The number of pyridine rings is 1. The highest BCUT2D eigenvalue weighted by Gasteiger charge is 2.33. The fourth-order valence-electron chi connectivity index (χ4n) is 3.60. The van der Waals surface area contributed by atoms with Gasteiger partial charge in [-0.2, -0.15) is 0 Å². The van der Waals surface area contributed by atoms with Crippen LogP contribution in [0.25, 0.3) is 5.65 Å². The lowest BCUT2D eigenvalue weighted by molar-refractivity contribution is -0.144. The molecule has 0 spiro atoms. The van der Waals surface area contributed by atoms with Gasteiger partial charge in [0.25, 0.3) is 11.8 Å². The monoisotopic (exact) mass is 468 g/mol. The van der Waals surface area contributed by atoms with E-state index in [4.69, 9.17) is 0 Å². The topological polar surface area (TPSA) is 121 Å². The molecule has 0 aliphatic carbocycles. The summed E-state index contributed by atoms with van der Waals surface area (Å²) in [4.78, 5) is 56.3. The van der Waals surface area contributed by atoms with E-state index in [2.05, 4.69) is 10.3 Å². The molecule has 0 fully saturated rings. The molecule has 0 radical (unpaired) electrons. The quantitative estimate of drug-likeness (QED) is 0.511. The molecule has 1 unspecified atom stereocenters. The Balaban J connectivity index is 2.07. The Labute approximate surface area is 194 Å². The first-order chi connectivity index (χ1) is 16.0. The number of likely N-dealkylation sites (N-methyl/N-ethyl adjacent to an activating group) is 1. The Bertz CT molecular complexity index is 1320. The Morgan fingerprint density at radius 1 is 1.15 bits per heavy atom. The van der Waals surface area contributed by atoms with Gasteiger partial charge in [0.05, 0.1) is 5.92 Å². The summed E-state index contributed by atoms with van der Waals surface area (Å²) in [6.07, 6.45) is 1.35. The Morgan fingerprint density at radius 2 is 1.79 bits per heavy atom. The number of Topliss-reactive ketones (excluding diaryl/α,β-unsaturated/α-hetero) is 1. The molecule has 0 aliphatic heterocycles. The molecule has 0 saturated heterocycles. The van der Waals surface area contributed by atoms with Crippen molar-refractivity contribution in [3.8, 4) is 5.75 Å². The summed E-state index contributed by atoms with van der Waals surface area (Å²) in [5.41, 5.74) is -0.556. The number of amides is 2. The fraction of sp³-hybridized carbons (Fsp3) is 0.292. The van der Waals surface area contributed by atoms with Crippen LogP contribution in [0.5, 0.6) is 5.75 Å². The van der Waals surface area contributed by atoms with Gasteiger partial charge in [0.15, 0.2) is 5.69 Å². The first-order valence-corrected chi connectivity index (χ1v) is 10.5. The molecule has 0 aliphatic rings. The summed E-state index contributed by atoms with van der Waals surface area (Å²) in [6.45, 7) is 3.51. The zero-order valence-corrected chi connectivity index (χ0v) is 19.2. The number of aromatic hydroxyl groups is 1. The van der Waals surface area contributed by atoms with Gasteiger partial charge >= 0.3 is 5.56 Å². The second kappa shape index (κ2) is 9.82. The third-order valence-corrected chi connectivity index (χ3v) is 5.34. The minimum Gasteiger partial charge on any atom is -0.501 e. The van der Waals surface area contributed by atoms with Gasteiger partial charge in [-0.05, 0) is 29.7 Å². The van der Waals surface area contributed by atoms with Crippen molar-refractivity contribution in [3.05, 3.63) is 75.6 Å². The zero-order chi connectivity index (χ0) is 25.2. The van der Waals surface area contributed by atoms with Crippen molar-refractivity contribution in [2.75, 3.05) is 14.1 Å². The van der Waals surface area contributed by atoms with Gasteiger partial charge in [0.2, 0.25) is 11.5 Å². The normalized spacial score (nSPS) is 11.9. The summed E-state index contributed by atoms with van der Waals surface area (Å²) in [6, 6.07) is 8.51. The highest BCUT2D eigenvalue weighted by Crippen LogP contribution is 2.29. The molecule has 9 nitrogen and oxygen atoms in total. The molecule has 178 valence electrons. The summed E-state index contributed by atoms with van der Waals surface area (Å²) in [7, 11) is 2.93. The zero-order valence-electron chi connectivity index (χ0n) is 19.2. The van der Waals surface area contributed by atoms with Gasteiger partial charge in [-0.25, -0.2) is 9.37 Å². The second-order valence-corrected chi connectivity index (χ2v) is 8.37. The molecule has 0 bridgehead atoms. The van der Waals surface area contributed by atoms with Crippen molar-refractivity contribution in [1.29, 1.82) is 0 Å². The van der Waals surface area contributed by atoms with Crippen LogP contribution in [0.4, 0.5) is 4.39 Å². The first kappa shape index (κ1) is 24.6. The van der Waals surface area contributed by atoms with Crippen LogP contribution < -0.4 is 10.9 Å². The number of nitrogens with one attached hydrogen (secondary N) is 1. The Morgan fingerprint density at radius 3 is 2.38 bits per heavy atom. The first-order valence-electron chi connectivity index (χ1n) is 10.5.